The highest BCUT2D eigenvalue weighted by molar-refractivity contribution is 7.22. The lowest BCUT2D eigenvalue weighted by molar-refractivity contribution is 0.398. The van der Waals surface area contributed by atoms with Crippen molar-refractivity contribution in [1.29, 1.82) is 0 Å². The number of aromatic nitrogens is 1. The summed E-state index contributed by atoms with van der Waals surface area (Å²) < 4.78 is 7.54. The Morgan fingerprint density at radius 2 is 1.74 bits per heavy atom. The summed E-state index contributed by atoms with van der Waals surface area (Å²) in [5.74, 6) is 0.389. The molecule has 2 aromatic heterocycles. The summed E-state index contributed by atoms with van der Waals surface area (Å²) in [5, 5.41) is 4.32. The summed E-state index contributed by atoms with van der Waals surface area (Å²) >= 11 is 1.63. The van der Waals surface area contributed by atoms with Crippen LogP contribution in [0, 0.1) is 0 Å². The molecule has 5 heteroatoms. The third-order valence-electron chi connectivity index (χ3n) is 9.43. The standard InChI is InChI=1S/C33H32N2O2S/c1-32(2)13-15-35-16-14-33(3,4)26-27(35)22(32)17-21-24(19-9-10-19)25(31(36)37-28(21)26)30-34-23-12-11-18-7-5-6-8-20(18)29(23)38-30/h5-8,11-12,17,19H,9-10,13-16H2,1-4H3. The Bertz CT molecular complexity index is 1870. The molecule has 4 nitrogen and oxygen atoms in total. The van der Waals surface area contributed by atoms with Gasteiger partial charge in [-0.2, -0.15) is 0 Å². The number of thiazole rings is 1. The maximum atomic E-state index is 14.0. The molecule has 2 aliphatic heterocycles. The lowest BCUT2D eigenvalue weighted by Crippen LogP contribution is -2.44. The Labute approximate surface area is 226 Å². The number of benzene rings is 3. The predicted molar refractivity (Wildman–Crippen MR) is 158 cm³/mol. The quantitative estimate of drug-likeness (QED) is 0.220. The fraction of sp³-hybridized carbons (Fsp3) is 0.394. The van der Waals surface area contributed by atoms with Crippen LogP contribution in [0.3, 0.4) is 0 Å². The van der Waals surface area contributed by atoms with Crippen molar-refractivity contribution in [2.75, 3.05) is 18.0 Å². The zero-order valence-electron chi connectivity index (χ0n) is 22.5. The van der Waals surface area contributed by atoms with Crippen LogP contribution in [-0.2, 0) is 10.8 Å². The first-order valence-corrected chi connectivity index (χ1v) is 14.8. The van der Waals surface area contributed by atoms with E-state index in [0.29, 0.717) is 11.5 Å². The molecule has 4 heterocycles. The van der Waals surface area contributed by atoms with Gasteiger partial charge in [-0.15, -0.1) is 11.3 Å². The molecular formula is C33H32N2O2S. The van der Waals surface area contributed by atoms with Gasteiger partial charge in [-0.25, -0.2) is 9.78 Å². The molecule has 0 spiro atoms. The van der Waals surface area contributed by atoms with Gasteiger partial charge in [0.1, 0.15) is 16.2 Å². The summed E-state index contributed by atoms with van der Waals surface area (Å²) in [6.07, 6.45) is 4.43. The average Bonchev–Trinajstić information content (AvgIpc) is 3.63. The molecule has 8 rings (SSSR count). The predicted octanol–water partition coefficient (Wildman–Crippen LogP) is 8.27. The highest BCUT2D eigenvalue weighted by atomic mass is 32.1. The molecule has 1 fully saturated rings. The molecule has 38 heavy (non-hydrogen) atoms. The molecular weight excluding hydrogens is 488 g/mol. The van der Waals surface area contributed by atoms with Gasteiger partial charge in [0, 0.05) is 35.1 Å². The first-order chi connectivity index (χ1) is 18.2. The van der Waals surface area contributed by atoms with Gasteiger partial charge in [-0.3, -0.25) is 0 Å². The maximum Gasteiger partial charge on any atom is 0.346 e. The Morgan fingerprint density at radius 1 is 0.974 bits per heavy atom. The topological polar surface area (TPSA) is 46.3 Å². The van der Waals surface area contributed by atoms with Gasteiger partial charge in [0.05, 0.1) is 10.2 Å². The zero-order chi connectivity index (χ0) is 26.0. The summed E-state index contributed by atoms with van der Waals surface area (Å²) in [4.78, 5) is 21.6. The van der Waals surface area contributed by atoms with Crippen LogP contribution in [0.15, 0.2) is 51.7 Å². The number of hydrogen-bond acceptors (Lipinski definition) is 5. The molecule has 0 unspecified atom stereocenters. The van der Waals surface area contributed by atoms with Crippen molar-refractivity contribution in [2.45, 2.75) is 70.1 Å². The molecule has 0 bridgehead atoms. The minimum Gasteiger partial charge on any atom is -0.422 e. The Kier molecular flexibility index (Phi) is 4.48. The summed E-state index contributed by atoms with van der Waals surface area (Å²) in [6.45, 7) is 11.5. The van der Waals surface area contributed by atoms with Gasteiger partial charge >= 0.3 is 5.63 Å². The van der Waals surface area contributed by atoms with Gasteiger partial charge in [-0.05, 0) is 71.1 Å². The van der Waals surface area contributed by atoms with Crippen molar-refractivity contribution < 1.29 is 4.42 Å². The van der Waals surface area contributed by atoms with Crippen molar-refractivity contribution in [3.05, 3.63) is 69.6 Å². The number of nitrogens with zero attached hydrogens (tertiary/aromatic N) is 2. The van der Waals surface area contributed by atoms with Gasteiger partial charge in [0.25, 0.3) is 0 Å². The first-order valence-electron chi connectivity index (χ1n) is 14.0. The van der Waals surface area contributed by atoms with Crippen LogP contribution in [0.4, 0.5) is 5.69 Å². The molecule has 3 aliphatic rings. The van der Waals surface area contributed by atoms with Crippen molar-refractivity contribution in [1.82, 2.24) is 4.98 Å². The SMILES string of the molecule is CC1(C)CCN2CCC(C)(C)c3c2c1cc1c(C2CC2)c(-c2nc4ccc5ccccc5c4s2)c(=O)oc31. The Morgan fingerprint density at radius 3 is 2.53 bits per heavy atom. The van der Waals surface area contributed by atoms with E-state index in [1.165, 1.54) is 33.2 Å². The zero-order valence-corrected chi connectivity index (χ0v) is 23.3. The monoisotopic (exact) mass is 520 g/mol. The molecule has 1 aliphatic carbocycles. The van der Waals surface area contributed by atoms with E-state index in [-0.39, 0.29) is 16.5 Å². The highest BCUT2D eigenvalue weighted by Crippen LogP contribution is 2.55. The third-order valence-corrected chi connectivity index (χ3v) is 10.5. The number of rotatable bonds is 2. The molecule has 1 saturated carbocycles. The van der Waals surface area contributed by atoms with Crippen molar-refractivity contribution >= 4 is 49.0 Å². The second kappa shape index (κ2) is 7.47. The van der Waals surface area contributed by atoms with E-state index >= 15 is 0 Å². The van der Waals surface area contributed by atoms with Gasteiger partial charge in [0.15, 0.2) is 0 Å². The maximum absolute atomic E-state index is 14.0. The normalized spacial score (nSPS) is 19.8. The summed E-state index contributed by atoms with van der Waals surface area (Å²) in [5.41, 5.74) is 7.40. The van der Waals surface area contributed by atoms with Crippen molar-refractivity contribution in [3.63, 3.8) is 0 Å². The second-order valence-corrected chi connectivity index (χ2v) is 13.9. The van der Waals surface area contributed by atoms with Crippen LogP contribution < -0.4 is 10.5 Å². The molecule has 5 aromatic rings. The van der Waals surface area contributed by atoms with Gasteiger partial charge in [-0.1, -0.05) is 58.0 Å². The molecule has 0 amide bonds. The highest BCUT2D eigenvalue weighted by Gasteiger charge is 2.43. The van der Waals surface area contributed by atoms with E-state index in [2.05, 4.69) is 75.1 Å². The van der Waals surface area contributed by atoms with E-state index in [1.54, 1.807) is 11.3 Å². The third kappa shape index (κ3) is 3.08. The summed E-state index contributed by atoms with van der Waals surface area (Å²) in [7, 11) is 0. The van der Waals surface area contributed by atoms with E-state index in [9.17, 15) is 4.79 Å². The van der Waals surface area contributed by atoms with Crippen LogP contribution in [-0.4, -0.2) is 18.1 Å². The Hall–Kier alpha value is -3.18. The average molecular weight is 521 g/mol. The number of anilines is 1. The lowest BCUT2D eigenvalue weighted by Gasteiger charge is -2.48. The van der Waals surface area contributed by atoms with Crippen LogP contribution in [0.1, 0.15) is 76.0 Å². The van der Waals surface area contributed by atoms with Crippen LogP contribution in [0.25, 0.3) is 42.5 Å². The number of fused-ring (bicyclic) bond motifs is 5. The Balaban J connectivity index is 1.48. The molecule has 192 valence electrons. The van der Waals surface area contributed by atoms with E-state index in [4.69, 9.17) is 9.40 Å². The minimum atomic E-state index is -0.234. The van der Waals surface area contributed by atoms with Crippen molar-refractivity contribution in [3.8, 4) is 10.6 Å². The summed E-state index contributed by atoms with van der Waals surface area (Å²) in [6, 6.07) is 15.0. The van der Waals surface area contributed by atoms with E-state index in [1.807, 2.05) is 0 Å². The fourth-order valence-corrected chi connectivity index (χ4v) is 8.15. The van der Waals surface area contributed by atoms with E-state index < -0.39 is 0 Å². The van der Waals surface area contributed by atoms with Crippen LogP contribution in [0.5, 0.6) is 0 Å². The van der Waals surface area contributed by atoms with E-state index in [0.717, 1.165) is 65.0 Å². The second-order valence-electron chi connectivity index (χ2n) is 12.9. The number of hydrogen-bond donors (Lipinski definition) is 0. The molecule has 0 radical (unpaired) electrons. The lowest BCUT2D eigenvalue weighted by atomic mass is 9.68. The molecule has 0 N–H and O–H groups in total. The van der Waals surface area contributed by atoms with Gasteiger partial charge in [0.2, 0.25) is 0 Å². The smallest absolute Gasteiger partial charge is 0.346 e. The van der Waals surface area contributed by atoms with Gasteiger partial charge < -0.3 is 9.32 Å². The van der Waals surface area contributed by atoms with Crippen LogP contribution in [0.2, 0.25) is 0 Å². The largest absolute Gasteiger partial charge is 0.422 e. The molecule has 0 saturated heterocycles. The van der Waals surface area contributed by atoms with Crippen LogP contribution >= 0.6 is 11.3 Å². The fourth-order valence-electron chi connectivity index (χ4n) is 7.01. The molecule has 3 aromatic carbocycles. The first kappa shape index (κ1) is 22.8. The minimum absolute atomic E-state index is 0.0550. The van der Waals surface area contributed by atoms with Crippen molar-refractivity contribution in [2.24, 2.45) is 0 Å². The molecule has 0 atom stereocenters.